The van der Waals surface area contributed by atoms with Crippen LogP contribution in [0.2, 0.25) is 0 Å². The van der Waals surface area contributed by atoms with Crippen LogP contribution >= 0.6 is 0 Å². The fraction of sp³-hybridized carbons (Fsp3) is 0.923. The number of carbonyl (C=O) groups excluding carboxylic acids is 1. The number of aliphatic hydroxyl groups is 1. The van der Waals surface area contributed by atoms with Gasteiger partial charge in [0.05, 0.1) is 5.60 Å². The average molecular weight is 229 g/mol. The average Bonchev–Trinajstić information content (AvgIpc) is 1.96. The number of carbonyl (C=O) groups is 1. The molecule has 0 aromatic carbocycles. The molecule has 3 nitrogen and oxygen atoms in total. The van der Waals surface area contributed by atoms with Gasteiger partial charge in [0.15, 0.2) is 0 Å². The summed E-state index contributed by atoms with van der Waals surface area (Å²) >= 11 is 0. The predicted molar refractivity (Wildman–Crippen MR) is 67.2 cm³/mol. The molecule has 0 aromatic heterocycles. The quantitative estimate of drug-likeness (QED) is 0.785. The van der Waals surface area contributed by atoms with Crippen molar-refractivity contribution in [2.24, 2.45) is 11.3 Å². The summed E-state index contributed by atoms with van der Waals surface area (Å²) in [5, 5.41) is 9.69. The second kappa shape index (κ2) is 5.17. The van der Waals surface area contributed by atoms with Crippen molar-refractivity contribution < 1.29 is 9.90 Å². The van der Waals surface area contributed by atoms with E-state index < -0.39 is 5.60 Å². The van der Waals surface area contributed by atoms with E-state index in [1.165, 1.54) is 0 Å². The van der Waals surface area contributed by atoms with Gasteiger partial charge in [-0.05, 0) is 26.2 Å². The Hall–Kier alpha value is -0.570. The van der Waals surface area contributed by atoms with Gasteiger partial charge in [-0.1, -0.05) is 27.7 Å². The lowest BCUT2D eigenvalue weighted by molar-refractivity contribution is -0.142. The number of hydrogen-bond acceptors (Lipinski definition) is 2. The van der Waals surface area contributed by atoms with Crippen molar-refractivity contribution in [3.8, 4) is 0 Å². The third-order valence-electron chi connectivity index (χ3n) is 2.47. The summed E-state index contributed by atoms with van der Waals surface area (Å²) in [6, 6.07) is 0. The van der Waals surface area contributed by atoms with Gasteiger partial charge >= 0.3 is 0 Å². The van der Waals surface area contributed by atoms with E-state index in [2.05, 4.69) is 13.8 Å². The zero-order valence-corrected chi connectivity index (χ0v) is 11.8. The minimum atomic E-state index is -0.835. The minimum Gasteiger partial charge on any atom is -0.389 e. The molecule has 3 heteroatoms. The molecule has 16 heavy (non-hydrogen) atoms. The third-order valence-corrected chi connectivity index (χ3v) is 2.47. The normalized spacial score (nSPS) is 13.1. The first-order valence-electron chi connectivity index (χ1n) is 5.93. The number of nitrogens with zero attached hydrogens (tertiary/aromatic N) is 1. The lowest BCUT2D eigenvalue weighted by Gasteiger charge is -2.33. The second-order valence-electron chi connectivity index (χ2n) is 6.46. The van der Waals surface area contributed by atoms with E-state index in [4.69, 9.17) is 0 Å². The van der Waals surface area contributed by atoms with Crippen LogP contribution in [0.5, 0.6) is 0 Å². The van der Waals surface area contributed by atoms with Crippen LogP contribution < -0.4 is 0 Å². The molecule has 0 radical (unpaired) electrons. The molecule has 0 unspecified atom stereocenters. The monoisotopic (exact) mass is 229 g/mol. The predicted octanol–water partition coefficient (Wildman–Crippen LogP) is 2.29. The SMILES string of the molecule is CC(C)CC(C)(C)C(=O)N(C)CC(C)(C)O. The molecule has 0 saturated carbocycles. The number of amides is 1. The van der Waals surface area contributed by atoms with Gasteiger partial charge in [0.1, 0.15) is 0 Å². The Kier molecular flexibility index (Phi) is 4.99. The summed E-state index contributed by atoms with van der Waals surface area (Å²) in [5.41, 5.74) is -1.19. The van der Waals surface area contributed by atoms with E-state index in [9.17, 15) is 9.90 Å². The standard InChI is InChI=1S/C13H27NO2/c1-10(2)8-12(3,4)11(15)14(7)9-13(5,6)16/h10,16H,8-9H2,1-7H3. The molecule has 0 aromatic rings. The van der Waals surface area contributed by atoms with Crippen LogP contribution in [-0.2, 0) is 4.79 Å². The van der Waals surface area contributed by atoms with Gasteiger partial charge in [-0.3, -0.25) is 4.79 Å². The lowest BCUT2D eigenvalue weighted by atomic mass is 9.82. The molecular formula is C13H27NO2. The highest BCUT2D eigenvalue weighted by atomic mass is 16.3. The first kappa shape index (κ1) is 15.4. The summed E-state index contributed by atoms with van der Waals surface area (Å²) in [6.45, 7) is 12.0. The van der Waals surface area contributed by atoms with Crippen LogP contribution in [0.15, 0.2) is 0 Å². The van der Waals surface area contributed by atoms with E-state index in [-0.39, 0.29) is 11.3 Å². The maximum atomic E-state index is 12.2. The molecule has 0 fully saturated rings. The lowest BCUT2D eigenvalue weighted by Crippen LogP contribution is -2.45. The van der Waals surface area contributed by atoms with Crippen LogP contribution in [0.3, 0.4) is 0 Å². The van der Waals surface area contributed by atoms with Gasteiger partial charge in [0, 0.05) is 19.0 Å². The largest absolute Gasteiger partial charge is 0.389 e. The van der Waals surface area contributed by atoms with Gasteiger partial charge in [0.25, 0.3) is 0 Å². The zero-order valence-electron chi connectivity index (χ0n) is 11.8. The first-order chi connectivity index (χ1) is 6.96. The van der Waals surface area contributed by atoms with Crippen LogP contribution in [0.25, 0.3) is 0 Å². The zero-order chi connectivity index (χ0) is 13.1. The summed E-state index contributed by atoms with van der Waals surface area (Å²) in [6.07, 6.45) is 0.863. The Morgan fingerprint density at radius 2 is 1.69 bits per heavy atom. The van der Waals surface area contributed by atoms with Crippen molar-refractivity contribution >= 4 is 5.91 Å². The van der Waals surface area contributed by atoms with Gasteiger partial charge in [-0.15, -0.1) is 0 Å². The fourth-order valence-electron chi connectivity index (χ4n) is 2.28. The number of hydrogen-bond donors (Lipinski definition) is 1. The van der Waals surface area contributed by atoms with Crippen LogP contribution in [0.4, 0.5) is 0 Å². The second-order valence-corrected chi connectivity index (χ2v) is 6.46. The summed E-state index contributed by atoms with van der Waals surface area (Å²) < 4.78 is 0. The molecule has 1 amide bonds. The van der Waals surface area contributed by atoms with Gasteiger partial charge in [-0.25, -0.2) is 0 Å². The summed E-state index contributed by atoms with van der Waals surface area (Å²) in [7, 11) is 1.75. The molecule has 0 spiro atoms. The van der Waals surface area contributed by atoms with Crippen molar-refractivity contribution in [1.29, 1.82) is 0 Å². The highest BCUT2D eigenvalue weighted by molar-refractivity contribution is 5.81. The molecule has 0 aliphatic heterocycles. The molecule has 0 bridgehead atoms. The van der Waals surface area contributed by atoms with Crippen LogP contribution in [0, 0.1) is 11.3 Å². The molecule has 0 aliphatic rings. The van der Waals surface area contributed by atoms with Crippen molar-refractivity contribution in [1.82, 2.24) is 4.90 Å². The number of rotatable bonds is 5. The molecule has 0 aliphatic carbocycles. The molecular weight excluding hydrogens is 202 g/mol. The molecule has 1 N–H and O–H groups in total. The van der Waals surface area contributed by atoms with E-state index >= 15 is 0 Å². The van der Waals surface area contributed by atoms with E-state index in [0.717, 1.165) is 6.42 Å². The number of likely N-dealkylation sites (N-methyl/N-ethyl adjacent to an activating group) is 1. The van der Waals surface area contributed by atoms with E-state index in [0.29, 0.717) is 12.5 Å². The molecule has 96 valence electrons. The van der Waals surface area contributed by atoms with Crippen molar-refractivity contribution in [3.63, 3.8) is 0 Å². The summed E-state index contributed by atoms with van der Waals surface area (Å²) in [5.74, 6) is 0.595. The Morgan fingerprint density at radius 1 is 1.25 bits per heavy atom. The maximum Gasteiger partial charge on any atom is 0.228 e. The highest BCUT2D eigenvalue weighted by Crippen LogP contribution is 2.27. The van der Waals surface area contributed by atoms with Crippen molar-refractivity contribution in [3.05, 3.63) is 0 Å². The molecule has 0 rings (SSSR count). The maximum absolute atomic E-state index is 12.2. The van der Waals surface area contributed by atoms with Crippen molar-refractivity contribution in [2.75, 3.05) is 13.6 Å². The smallest absolute Gasteiger partial charge is 0.228 e. The van der Waals surface area contributed by atoms with Gasteiger partial charge in [-0.2, -0.15) is 0 Å². The van der Waals surface area contributed by atoms with E-state index in [1.54, 1.807) is 25.8 Å². The van der Waals surface area contributed by atoms with Crippen LogP contribution in [-0.4, -0.2) is 35.1 Å². The highest BCUT2D eigenvalue weighted by Gasteiger charge is 2.32. The first-order valence-corrected chi connectivity index (χ1v) is 5.93. The third kappa shape index (κ3) is 5.50. The minimum absolute atomic E-state index is 0.100. The van der Waals surface area contributed by atoms with Gasteiger partial charge < -0.3 is 10.0 Å². The van der Waals surface area contributed by atoms with E-state index in [1.807, 2.05) is 13.8 Å². The molecule has 0 atom stereocenters. The Labute approximate surface area is 99.8 Å². The molecule has 0 saturated heterocycles. The van der Waals surface area contributed by atoms with Crippen molar-refractivity contribution in [2.45, 2.75) is 53.6 Å². The topological polar surface area (TPSA) is 40.5 Å². The Balaban J connectivity index is 4.54. The van der Waals surface area contributed by atoms with Crippen LogP contribution in [0.1, 0.15) is 48.0 Å². The Morgan fingerprint density at radius 3 is 2.00 bits per heavy atom. The fourth-order valence-corrected chi connectivity index (χ4v) is 2.28. The van der Waals surface area contributed by atoms with Gasteiger partial charge in [0.2, 0.25) is 5.91 Å². The molecule has 0 heterocycles. The summed E-state index contributed by atoms with van der Waals surface area (Å²) in [4.78, 5) is 13.8. The Bertz CT molecular complexity index is 239.